The van der Waals surface area contributed by atoms with Crippen molar-refractivity contribution in [3.63, 3.8) is 0 Å². The molecule has 0 aliphatic rings. The van der Waals surface area contributed by atoms with E-state index in [0.717, 1.165) is 5.82 Å². The predicted octanol–water partition coefficient (Wildman–Crippen LogP) is 2.08. The van der Waals surface area contributed by atoms with Crippen LogP contribution in [0.15, 0.2) is 0 Å². The van der Waals surface area contributed by atoms with E-state index in [9.17, 15) is 0 Å². The normalized spacial score (nSPS) is 9.71. The molecule has 1 heteroatoms. The van der Waals surface area contributed by atoms with Gasteiger partial charge in [-0.15, -0.1) is 0 Å². The minimum Gasteiger partial charge on any atom is -0.0775 e. The Balaban J connectivity index is 2.68. The van der Waals surface area contributed by atoms with Crippen LogP contribution in [0.25, 0.3) is 0 Å². The smallest absolute Gasteiger partial charge is 0.0775 e. The molecule has 0 aromatic carbocycles. The van der Waals surface area contributed by atoms with Crippen LogP contribution >= 0.6 is 0 Å². The van der Waals surface area contributed by atoms with Crippen LogP contribution in [-0.2, 0) is 0 Å². The largest absolute Gasteiger partial charge is 0.123 e. The van der Waals surface area contributed by atoms with Crippen LogP contribution in [0.3, 0.4) is 0 Å². The van der Waals surface area contributed by atoms with Crippen molar-refractivity contribution in [2.45, 2.75) is 39.3 Å². The molecule has 0 saturated carbocycles. The third kappa shape index (κ3) is 6.06. The quantitative estimate of drug-likeness (QED) is 0.474. The van der Waals surface area contributed by atoms with Crippen molar-refractivity contribution in [3.05, 3.63) is 0 Å². The summed E-state index contributed by atoms with van der Waals surface area (Å²) < 4.78 is 0. The lowest BCUT2D eigenvalue weighted by molar-refractivity contribution is 1.00. The van der Waals surface area contributed by atoms with Crippen molar-refractivity contribution in [2.75, 3.05) is 0 Å². The SMILES string of the molecule is CCCBC(C)C. The molecular formula is C6H15B. The first-order valence-corrected chi connectivity index (χ1v) is 3.27. The highest BCUT2D eigenvalue weighted by Crippen LogP contribution is 2.00. The van der Waals surface area contributed by atoms with Crippen LogP contribution in [0, 0.1) is 0 Å². The Hall–Kier alpha value is 0.0649. The summed E-state index contributed by atoms with van der Waals surface area (Å²) in [6.07, 6.45) is 2.75. The van der Waals surface area contributed by atoms with E-state index >= 15 is 0 Å². The van der Waals surface area contributed by atoms with E-state index in [1.807, 2.05) is 0 Å². The van der Waals surface area contributed by atoms with Gasteiger partial charge in [-0.25, -0.2) is 0 Å². The summed E-state index contributed by atoms with van der Waals surface area (Å²) in [5.74, 6) is 0.903. The van der Waals surface area contributed by atoms with Gasteiger partial charge < -0.3 is 0 Å². The molecule has 0 aliphatic heterocycles. The summed E-state index contributed by atoms with van der Waals surface area (Å²) in [5.41, 5.74) is 0. The Kier molecular flexibility index (Phi) is 4.27. The fourth-order valence-electron chi connectivity index (χ4n) is 0.612. The third-order valence-corrected chi connectivity index (χ3v) is 1.14. The zero-order valence-corrected chi connectivity index (χ0v) is 5.70. The van der Waals surface area contributed by atoms with Gasteiger partial charge in [-0.2, -0.15) is 0 Å². The fourth-order valence-corrected chi connectivity index (χ4v) is 0.612. The highest BCUT2D eigenvalue weighted by Gasteiger charge is 1.92. The summed E-state index contributed by atoms with van der Waals surface area (Å²) >= 11 is 0. The van der Waals surface area contributed by atoms with Gasteiger partial charge in [0.15, 0.2) is 0 Å². The minimum absolute atomic E-state index is 0.903. The number of hydrogen-bond donors (Lipinski definition) is 0. The number of hydrogen-bond acceptors (Lipinski definition) is 0. The molecule has 0 saturated heterocycles. The van der Waals surface area contributed by atoms with Gasteiger partial charge >= 0.3 is 0 Å². The van der Waals surface area contributed by atoms with Crippen LogP contribution in [0.5, 0.6) is 0 Å². The Bertz CT molecular complexity index is 33.2. The van der Waals surface area contributed by atoms with Crippen LogP contribution in [-0.4, -0.2) is 7.28 Å². The van der Waals surface area contributed by atoms with Crippen molar-refractivity contribution in [3.8, 4) is 0 Å². The van der Waals surface area contributed by atoms with Gasteiger partial charge in [-0.1, -0.05) is 39.3 Å². The summed E-state index contributed by atoms with van der Waals surface area (Å²) in [7, 11) is 1.40. The lowest BCUT2D eigenvalue weighted by atomic mass is 9.63. The molecule has 0 bridgehead atoms. The van der Waals surface area contributed by atoms with E-state index in [4.69, 9.17) is 0 Å². The Morgan fingerprint density at radius 3 is 2.14 bits per heavy atom. The van der Waals surface area contributed by atoms with Crippen LogP contribution in [0.1, 0.15) is 27.2 Å². The van der Waals surface area contributed by atoms with Crippen LogP contribution in [0.2, 0.25) is 12.1 Å². The summed E-state index contributed by atoms with van der Waals surface area (Å²) in [5, 5.41) is 0. The Labute approximate surface area is 47.6 Å². The molecule has 0 heterocycles. The molecule has 0 nitrogen and oxygen atoms in total. The first-order valence-electron chi connectivity index (χ1n) is 3.27. The van der Waals surface area contributed by atoms with Gasteiger partial charge in [0.05, 0.1) is 0 Å². The molecule has 0 unspecified atom stereocenters. The summed E-state index contributed by atoms with van der Waals surface area (Å²) in [6.45, 7) is 6.79. The van der Waals surface area contributed by atoms with Gasteiger partial charge in [0.2, 0.25) is 0 Å². The maximum Gasteiger partial charge on any atom is 0.123 e. The Morgan fingerprint density at radius 2 is 2.00 bits per heavy atom. The van der Waals surface area contributed by atoms with Crippen molar-refractivity contribution in [1.29, 1.82) is 0 Å². The van der Waals surface area contributed by atoms with E-state index < -0.39 is 0 Å². The summed E-state index contributed by atoms with van der Waals surface area (Å²) in [4.78, 5) is 0. The van der Waals surface area contributed by atoms with E-state index in [2.05, 4.69) is 20.8 Å². The van der Waals surface area contributed by atoms with E-state index in [-0.39, 0.29) is 0 Å². The minimum atomic E-state index is 0.903. The van der Waals surface area contributed by atoms with Crippen LogP contribution in [0.4, 0.5) is 0 Å². The second-order valence-corrected chi connectivity index (χ2v) is 2.54. The molecule has 0 aromatic rings. The molecule has 0 aromatic heterocycles. The monoisotopic (exact) mass is 98.1 g/mol. The Morgan fingerprint density at radius 1 is 1.43 bits per heavy atom. The number of rotatable bonds is 3. The van der Waals surface area contributed by atoms with Crippen molar-refractivity contribution in [1.82, 2.24) is 0 Å². The molecule has 42 valence electrons. The van der Waals surface area contributed by atoms with Gasteiger partial charge in [0.25, 0.3) is 0 Å². The molecule has 0 spiro atoms. The van der Waals surface area contributed by atoms with Gasteiger partial charge in [0, 0.05) is 0 Å². The van der Waals surface area contributed by atoms with Crippen molar-refractivity contribution >= 4 is 7.28 Å². The first-order chi connectivity index (χ1) is 3.27. The highest BCUT2D eigenvalue weighted by molar-refractivity contribution is 6.37. The topological polar surface area (TPSA) is 0 Å². The standard InChI is InChI=1S/C6H15B/c1-4-5-7-6(2)3/h6-7H,4-5H2,1-3H3. The van der Waals surface area contributed by atoms with Gasteiger partial charge in [-0.05, 0) is 0 Å². The molecule has 0 rings (SSSR count). The van der Waals surface area contributed by atoms with Crippen molar-refractivity contribution < 1.29 is 0 Å². The maximum atomic E-state index is 2.27. The highest BCUT2D eigenvalue weighted by atomic mass is 13.7. The molecule has 0 radical (unpaired) electrons. The molecule has 7 heavy (non-hydrogen) atoms. The first kappa shape index (κ1) is 7.06. The van der Waals surface area contributed by atoms with Gasteiger partial charge in [-0.3, -0.25) is 0 Å². The molecule has 0 atom stereocenters. The second kappa shape index (κ2) is 4.23. The lowest BCUT2D eigenvalue weighted by Gasteiger charge is -1.96. The molecule has 0 fully saturated rings. The molecule has 0 N–H and O–H groups in total. The average molecular weight is 98.0 g/mol. The van der Waals surface area contributed by atoms with E-state index in [1.165, 1.54) is 20.0 Å². The van der Waals surface area contributed by atoms with Gasteiger partial charge in [0.1, 0.15) is 7.28 Å². The van der Waals surface area contributed by atoms with Crippen LogP contribution < -0.4 is 0 Å². The average Bonchev–Trinajstić information content (AvgIpc) is 1.61. The van der Waals surface area contributed by atoms with Crippen molar-refractivity contribution in [2.24, 2.45) is 0 Å². The summed E-state index contributed by atoms with van der Waals surface area (Å²) in [6, 6.07) is 0. The fraction of sp³-hybridized carbons (Fsp3) is 1.00. The zero-order valence-electron chi connectivity index (χ0n) is 5.70. The maximum absolute atomic E-state index is 2.27. The second-order valence-electron chi connectivity index (χ2n) is 2.54. The predicted molar refractivity (Wildman–Crippen MR) is 37.3 cm³/mol. The zero-order chi connectivity index (χ0) is 5.70. The third-order valence-electron chi connectivity index (χ3n) is 1.14. The molecule has 0 aliphatic carbocycles. The van der Waals surface area contributed by atoms with E-state index in [0.29, 0.717) is 0 Å². The van der Waals surface area contributed by atoms with E-state index in [1.54, 1.807) is 0 Å². The lowest BCUT2D eigenvalue weighted by Crippen LogP contribution is -1.91. The molecule has 0 amide bonds. The molecular weight excluding hydrogens is 82.9 g/mol.